The summed E-state index contributed by atoms with van der Waals surface area (Å²) in [6, 6.07) is 10.7. The number of hydrogen-bond donors (Lipinski definition) is 2. The fourth-order valence-corrected chi connectivity index (χ4v) is 2.12. The maximum absolute atomic E-state index is 12.3. The van der Waals surface area contributed by atoms with Crippen molar-refractivity contribution in [2.24, 2.45) is 0 Å². The van der Waals surface area contributed by atoms with Gasteiger partial charge in [-0.1, -0.05) is 30.3 Å². The lowest BCUT2D eigenvalue weighted by atomic mass is 10.1. The number of nitrogens with zero attached hydrogens (tertiary/aromatic N) is 2. The van der Waals surface area contributed by atoms with E-state index >= 15 is 0 Å². The summed E-state index contributed by atoms with van der Waals surface area (Å²) < 4.78 is 1.66. The second kappa shape index (κ2) is 6.34. The van der Waals surface area contributed by atoms with Crippen molar-refractivity contribution in [1.29, 1.82) is 0 Å². The quantitative estimate of drug-likeness (QED) is 0.871. The summed E-state index contributed by atoms with van der Waals surface area (Å²) in [6.07, 6.45) is 0. The van der Waals surface area contributed by atoms with Crippen LogP contribution < -0.4 is 5.32 Å². The lowest BCUT2D eigenvalue weighted by Gasteiger charge is -2.16. The molecule has 2 aromatic rings. The van der Waals surface area contributed by atoms with Gasteiger partial charge in [0.1, 0.15) is 5.69 Å². The van der Waals surface area contributed by atoms with E-state index in [1.54, 1.807) is 10.7 Å². The fourth-order valence-electron chi connectivity index (χ4n) is 2.12. The van der Waals surface area contributed by atoms with Crippen LogP contribution in [0.5, 0.6) is 0 Å². The summed E-state index contributed by atoms with van der Waals surface area (Å²) in [6.45, 7) is 4.27. The molecule has 0 radical (unpaired) electrons. The molecule has 0 saturated heterocycles. The van der Waals surface area contributed by atoms with E-state index in [1.807, 2.05) is 44.2 Å². The Labute approximate surface area is 118 Å². The Bertz CT molecular complexity index is 578. The van der Waals surface area contributed by atoms with Gasteiger partial charge < -0.3 is 10.4 Å². The Morgan fingerprint density at radius 3 is 2.70 bits per heavy atom. The van der Waals surface area contributed by atoms with Crippen LogP contribution in [0, 0.1) is 6.92 Å². The minimum Gasteiger partial charge on any atom is -0.394 e. The van der Waals surface area contributed by atoms with Crippen LogP contribution in [-0.2, 0) is 6.54 Å². The van der Waals surface area contributed by atoms with Gasteiger partial charge >= 0.3 is 0 Å². The van der Waals surface area contributed by atoms with Gasteiger partial charge in [0.2, 0.25) is 0 Å². The Morgan fingerprint density at radius 1 is 1.40 bits per heavy atom. The summed E-state index contributed by atoms with van der Waals surface area (Å²) in [5.41, 5.74) is 2.19. The van der Waals surface area contributed by atoms with Crippen LogP contribution in [0.2, 0.25) is 0 Å². The van der Waals surface area contributed by atoms with Gasteiger partial charge in [-0.15, -0.1) is 0 Å². The van der Waals surface area contributed by atoms with Crippen molar-refractivity contribution in [2.75, 3.05) is 6.61 Å². The lowest BCUT2D eigenvalue weighted by molar-refractivity contribution is 0.0905. The van der Waals surface area contributed by atoms with Crippen molar-refractivity contribution >= 4 is 5.91 Å². The second-order valence-electron chi connectivity index (χ2n) is 4.61. The second-order valence-corrected chi connectivity index (χ2v) is 4.61. The van der Waals surface area contributed by atoms with E-state index in [2.05, 4.69) is 10.4 Å². The van der Waals surface area contributed by atoms with Crippen molar-refractivity contribution in [3.05, 3.63) is 53.3 Å². The largest absolute Gasteiger partial charge is 0.394 e. The summed E-state index contributed by atoms with van der Waals surface area (Å²) >= 11 is 0. The van der Waals surface area contributed by atoms with Gasteiger partial charge in [-0.3, -0.25) is 9.48 Å². The van der Waals surface area contributed by atoms with Gasteiger partial charge in [0.05, 0.1) is 18.3 Å². The van der Waals surface area contributed by atoms with Crippen LogP contribution >= 0.6 is 0 Å². The SMILES string of the molecule is CCn1nc(C)cc1C(=O)NC(CO)c1ccccc1. The van der Waals surface area contributed by atoms with Crippen molar-refractivity contribution < 1.29 is 9.90 Å². The summed E-state index contributed by atoms with van der Waals surface area (Å²) in [7, 11) is 0. The first kappa shape index (κ1) is 14.3. The lowest BCUT2D eigenvalue weighted by Crippen LogP contribution is -2.32. The Balaban J connectivity index is 2.17. The third-order valence-corrected chi connectivity index (χ3v) is 3.12. The van der Waals surface area contributed by atoms with Crippen LogP contribution in [0.3, 0.4) is 0 Å². The van der Waals surface area contributed by atoms with Crippen molar-refractivity contribution in [1.82, 2.24) is 15.1 Å². The van der Waals surface area contributed by atoms with Crippen LogP contribution in [0.25, 0.3) is 0 Å². The van der Waals surface area contributed by atoms with Gasteiger partial charge in [0.15, 0.2) is 0 Å². The van der Waals surface area contributed by atoms with Crippen LogP contribution in [-0.4, -0.2) is 27.4 Å². The van der Waals surface area contributed by atoms with Gasteiger partial charge in [-0.25, -0.2) is 0 Å². The zero-order chi connectivity index (χ0) is 14.5. The average molecular weight is 273 g/mol. The molecule has 2 N–H and O–H groups in total. The Hall–Kier alpha value is -2.14. The molecule has 2 rings (SSSR count). The number of carbonyl (C=O) groups excluding carboxylic acids is 1. The number of rotatable bonds is 5. The Kier molecular flexibility index (Phi) is 4.53. The first-order valence-electron chi connectivity index (χ1n) is 6.66. The topological polar surface area (TPSA) is 67.2 Å². The monoisotopic (exact) mass is 273 g/mol. The molecule has 106 valence electrons. The molecule has 0 aliphatic carbocycles. The number of aliphatic hydroxyl groups is 1. The molecule has 1 heterocycles. The highest BCUT2D eigenvalue weighted by Crippen LogP contribution is 2.13. The van der Waals surface area contributed by atoms with Crippen molar-refractivity contribution in [3.8, 4) is 0 Å². The van der Waals surface area contributed by atoms with Gasteiger partial charge in [0, 0.05) is 6.54 Å². The molecule has 1 aromatic heterocycles. The minimum atomic E-state index is -0.413. The van der Waals surface area contributed by atoms with Gasteiger partial charge in [-0.05, 0) is 25.5 Å². The fraction of sp³-hybridized carbons (Fsp3) is 0.333. The molecular formula is C15H19N3O2. The minimum absolute atomic E-state index is 0.144. The molecule has 1 amide bonds. The first-order valence-corrected chi connectivity index (χ1v) is 6.66. The molecule has 0 aliphatic heterocycles. The van der Waals surface area contributed by atoms with Crippen LogP contribution in [0.15, 0.2) is 36.4 Å². The third-order valence-electron chi connectivity index (χ3n) is 3.12. The molecule has 20 heavy (non-hydrogen) atoms. The number of benzene rings is 1. The number of amides is 1. The molecule has 0 bridgehead atoms. The number of aliphatic hydroxyl groups excluding tert-OH is 1. The molecular weight excluding hydrogens is 254 g/mol. The molecule has 5 heteroatoms. The summed E-state index contributed by atoms with van der Waals surface area (Å²) in [4.78, 5) is 12.3. The molecule has 1 unspecified atom stereocenters. The zero-order valence-electron chi connectivity index (χ0n) is 11.7. The highest BCUT2D eigenvalue weighted by Gasteiger charge is 2.18. The number of carbonyl (C=O) groups is 1. The van der Waals surface area contributed by atoms with Crippen LogP contribution in [0.4, 0.5) is 0 Å². The predicted molar refractivity (Wildman–Crippen MR) is 76.4 cm³/mol. The maximum atomic E-state index is 12.3. The van der Waals surface area contributed by atoms with E-state index < -0.39 is 6.04 Å². The van der Waals surface area contributed by atoms with E-state index in [4.69, 9.17) is 0 Å². The molecule has 5 nitrogen and oxygen atoms in total. The highest BCUT2D eigenvalue weighted by molar-refractivity contribution is 5.93. The van der Waals surface area contributed by atoms with E-state index in [1.165, 1.54) is 0 Å². The number of aromatic nitrogens is 2. The summed E-state index contributed by atoms with van der Waals surface area (Å²) in [5.74, 6) is -0.227. The molecule has 0 spiro atoms. The summed E-state index contributed by atoms with van der Waals surface area (Å²) in [5, 5.41) is 16.6. The molecule has 0 fully saturated rings. The Morgan fingerprint density at radius 2 is 2.10 bits per heavy atom. The predicted octanol–water partition coefficient (Wildman–Crippen LogP) is 1.67. The number of aryl methyl sites for hydroxylation is 2. The molecule has 1 atom stereocenters. The van der Waals surface area contributed by atoms with Gasteiger partial charge in [-0.2, -0.15) is 5.10 Å². The van der Waals surface area contributed by atoms with Crippen molar-refractivity contribution in [3.63, 3.8) is 0 Å². The normalized spacial score (nSPS) is 12.2. The molecule has 0 saturated carbocycles. The molecule has 0 aliphatic rings. The van der Waals surface area contributed by atoms with Gasteiger partial charge in [0.25, 0.3) is 5.91 Å². The number of hydrogen-bond acceptors (Lipinski definition) is 3. The van der Waals surface area contributed by atoms with E-state index in [9.17, 15) is 9.90 Å². The van der Waals surface area contributed by atoms with E-state index in [-0.39, 0.29) is 12.5 Å². The smallest absolute Gasteiger partial charge is 0.270 e. The standard InChI is InChI=1S/C15H19N3O2/c1-3-18-14(9-11(2)17-18)15(20)16-13(10-19)12-7-5-4-6-8-12/h4-9,13,19H,3,10H2,1-2H3,(H,16,20). The van der Waals surface area contributed by atoms with E-state index in [0.29, 0.717) is 12.2 Å². The average Bonchev–Trinajstić information content (AvgIpc) is 2.86. The van der Waals surface area contributed by atoms with Crippen molar-refractivity contribution in [2.45, 2.75) is 26.4 Å². The number of nitrogens with one attached hydrogen (secondary N) is 1. The zero-order valence-corrected chi connectivity index (χ0v) is 11.7. The maximum Gasteiger partial charge on any atom is 0.270 e. The van der Waals surface area contributed by atoms with E-state index in [0.717, 1.165) is 11.3 Å². The van der Waals surface area contributed by atoms with Crippen LogP contribution in [0.1, 0.15) is 34.7 Å². The first-order chi connectivity index (χ1) is 9.65. The third kappa shape index (κ3) is 3.05. The highest BCUT2D eigenvalue weighted by atomic mass is 16.3. The molecule has 1 aromatic carbocycles.